The fraction of sp³-hybridized carbons (Fsp3) is 0.480. The maximum Gasteiger partial charge on any atom is 0.243 e. The van der Waals surface area contributed by atoms with E-state index in [0.717, 1.165) is 24.2 Å². The van der Waals surface area contributed by atoms with Gasteiger partial charge in [-0.1, -0.05) is 43.6 Å². The SMILES string of the molecule is CCC1(CC)C[C@H](NC(=O)[C@@H]2CCCN(S(=O)(=O)c3ccc(Cl)cc3)C2)c2ccccc2O1. The van der Waals surface area contributed by atoms with E-state index in [9.17, 15) is 13.2 Å². The van der Waals surface area contributed by atoms with Crippen LogP contribution >= 0.6 is 11.6 Å². The summed E-state index contributed by atoms with van der Waals surface area (Å²) < 4.78 is 34.0. The van der Waals surface area contributed by atoms with E-state index < -0.39 is 15.9 Å². The quantitative estimate of drug-likeness (QED) is 0.622. The summed E-state index contributed by atoms with van der Waals surface area (Å²) in [5.41, 5.74) is 0.660. The lowest BCUT2D eigenvalue weighted by atomic mass is 9.83. The van der Waals surface area contributed by atoms with E-state index in [1.54, 1.807) is 12.1 Å². The average Bonchev–Trinajstić information content (AvgIpc) is 2.84. The van der Waals surface area contributed by atoms with Gasteiger partial charge in [-0.3, -0.25) is 4.79 Å². The summed E-state index contributed by atoms with van der Waals surface area (Å²) in [4.78, 5) is 13.5. The van der Waals surface area contributed by atoms with Gasteiger partial charge in [-0.2, -0.15) is 4.31 Å². The number of benzene rings is 2. The molecule has 2 aliphatic heterocycles. The molecule has 2 atom stereocenters. The second-order valence-electron chi connectivity index (χ2n) is 8.95. The van der Waals surface area contributed by atoms with Crippen molar-refractivity contribution in [2.24, 2.45) is 5.92 Å². The van der Waals surface area contributed by atoms with E-state index in [0.29, 0.717) is 30.8 Å². The van der Waals surface area contributed by atoms with Crippen molar-refractivity contribution in [1.82, 2.24) is 9.62 Å². The average molecular weight is 491 g/mol. The van der Waals surface area contributed by atoms with Crippen LogP contribution in [0.1, 0.15) is 57.6 Å². The van der Waals surface area contributed by atoms with Crippen molar-refractivity contribution in [1.29, 1.82) is 0 Å². The fourth-order valence-electron chi connectivity index (χ4n) is 4.85. The summed E-state index contributed by atoms with van der Waals surface area (Å²) in [5, 5.41) is 3.71. The van der Waals surface area contributed by atoms with E-state index >= 15 is 0 Å². The van der Waals surface area contributed by atoms with Gasteiger partial charge in [0.05, 0.1) is 16.9 Å². The molecule has 1 amide bonds. The van der Waals surface area contributed by atoms with Crippen molar-refractivity contribution in [3.63, 3.8) is 0 Å². The number of carbonyl (C=O) groups is 1. The Balaban J connectivity index is 1.51. The maximum absolute atomic E-state index is 13.3. The van der Waals surface area contributed by atoms with Gasteiger partial charge in [-0.05, 0) is 56.0 Å². The fourth-order valence-corrected chi connectivity index (χ4v) is 6.50. The molecule has 1 N–H and O–H groups in total. The van der Waals surface area contributed by atoms with E-state index in [1.165, 1.54) is 16.4 Å². The molecule has 6 nitrogen and oxygen atoms in total. The number of piperidine rings is 1. The Labute approximate surface area is 201 Å². The summed E-state index contributed by atoms with van der Waals surface area (Å²) in [5.74, 6) is 0.315. The molecule has 0 saturated carbocycles. The van der Waals surface area contributed by atoms with Crippen LogP contribution in [0.4, 0.5) is 0 Å². The second-order valence-corrected chi connectivity index (χ2v) is 11.3. The first-order valence-electron chi connectivity index (χ1n) is 11.6. The van der Waals surface area contributed by atoms with Crippen LogP contribution in [-0.4, -0.2) is 37.3 Å². The smallest absolute Gasteiger partial charge is 0.243 e. The molecule has 2 aromatic carbocycles. The predicted octanol–water partition coefficient (Wildman–Crippen LogP) is 4.94. The maximum atomic E-state index is 13.3. The number of sulfonamides is 1. The number of fused-ring (bicyclic) bond motifs is 1. The highest BCUT2D eigenvalue weighted by Crippen LogP contribution is 2.42. The van der Waals surface area contributed by atoms with Crippen molar-refractivity contribution in [3.8, 4) is 5.75 Å². The van der Waals surface area contributed by atoms with Crippen LogP contribution in [0.2, 0.25) is 5.02 Å². The zero-order valence-corrected chi connectivity index (χ0v) is 20.7. The number of amides is 1. The Morgan fingerprint density at radius 3 is 2.55 bits per heavy atom. The van der Waals surface area contributed by atoms with Crippen molar-refractivity contribution in [3.05, 3.63) is 59.1 Å². The Kier molecular flexibility index (Phi) is 7.03. The highest BCUT2D eigenvalue weighted by atomic mass is 35.5. The van der Waals surface area contributed by atoms with Crippen molar-refractivity contribution in [2.45, 2.75) is 62.5 Å². The summed E-state index contributed by atoms with van der Waals surface area (Å²) >= 11 is 5.91. The van der Waals surface area contributed by atoms with Gasteiger partial charge in [-0.25, -0.2) is 8.42 Å². The van der Waals surface area contributed by atoms with Crippen LogP contribution in [0.25, 0.3) is 0 Å². The first-order chi connectivity index (χ1) is 15.8. The number of halogens is 1. The van der Waals surface area contributed by atoms with E-state index in [1.807, 2.05) is 24.3 Å². The van der Waals surface area contributed by atoms with Crippen molar-refractivity contribution >= 4 is 27.5 Å². The molecule has 2 heterocycles. The number of hydrogen-bond acceptors (Lipinski definition) is 4. The molecule has 2 aromatic rings. The zero-order valence-electron chi connectivity index (χ0n) is 19.1. The van der Waals surface area contributed by atoms with Crippen LogP contribution in [0, 0.1) is 5.92 Å². The normalized spacial score (nSPS) is 22.8. The molecule has 1 fully saturated rings. The molecule has 0 aliphatic carbocycles. The lowest BCUT2D eigenvalue weighted by Gasteiger charge is -2.42. The minimum absolute atomic E-state index is 0.103. The molecule has 1 saturated heterocycles. The molecule has 0 radical (unpaired) electrons. The third-order valence-corrected chi connectivity index (χ3v) is 9.14. The van der Waals surface area contributed by atoms with Gasteiger partial charge in [0.2, 0.25) is 15.9 Å². The number of carbonyl (C=O) groups excluding carboxylic acids is 1. The number of para-hydroxylation sites is 1. The lowest BCUT2D eigenvalue weighted by Crippen LogP contribution is -2.49. The van der Waals surface area contributed by atoms with Crippen LogP contribution in [0.5, 0.6) is 5.75 Å². The van der Waals surface area contributed by atoms with Gasteiger partial charge in [0.1, 0.15) is 11.4 Å². The van der Waals surface area contributed by atoms with Crippen LogP contribution in [0.15, 0.2) is 53.4 Å². The number of nitrogens with zero attached hydrogens (tertiary/aromatic N) is 1. The summed E-state index contributed by atoms with van der Waals surface area (Å²) in [7, 11) is -3.68. The summed E-state index contributed by atoms with van der Waals surface area (Å²) in [6.45, 7) is 4.80. The Hall–Kier alpha value is -2.09. The Morgan fingerprint density at radius 2 is 1.85 bits per heavy atom. The predicted molar refractivity (Wildman–Crippen MR) is 129 cm³/mol. The van der Waals surface area contributed by atoms with Crippen LogP contribution in [-0.2, 0) is 14.8 Å². The van der Waals surface area contributed by atoms with Crippen LogP contribution in [0.3, 0.4) is 0 Å². The van der Waals surface area contributed by atoms with Gasteiger partial charge in [0, 0.05) is 30.1 Å². The number of rotatable bonds is 6. The molecule has 0 spiro atoms. The topological polar surface area (TPSA) is 75.7 Å². The number of ether oxygens (including phenoxy) is 1. The van der Waals surface area contributed by atoms with E-state index in [4.69, 9.17) is 16.3 Å². The first kappa shape index (κ1) is 24.0. The molecule has 8 heteroatoms. The number of nitrogens with one attached hydrogen (secondary N) is 1. The number of hydrogen-bond donors (Lipinski definition) is 1. The van der Waals surface area contributed by atoms with Gasteiger partial charge >= 0.3 is 0 Å². The van der Waals surface area contributed by atoms with Gasteiger partial charge in [0.25, 0.3) is 0 Å². The molecule has 33 heavy (non-hydrogen) atoms. The highest BCUT2D eigenvalue weighted by Gasteiger charge is 2.40. The standard InChI is InChI=1S/C25H31ClN2O4S/c1-3-25(4-2)16-22(21-9-5-6-10-23(21)32-25)27-24(29)18-8-7-15-28(17-18)33(30,31)20-13-11-19(26)12-14-20/h5-6,9-14,18,22H,3-4,7-8,15-17H2,1-2H3,(H,27,29)/t18-,22+/m1/s1. The third-order valence-electron chi connectivity index (χ3n) is 7.01. The lowest BCUT2D eigenvalue weighted by molar-refractivity contribution is -0.127. The second kappa shape index (κ2) is 9.65. The molecule has 0 aromatic heterocycles. The van der Waals surface area contributed by atoms with E-state index in [-0.39, 0.29) is 29.0 Å². The molecule has 178 valence electrons. The van der Waals surface area contributed by atoms with Crippen LogP contribution < -0.4 is 10.1 Å². The minimum Gasteiger partial charge on any atom is -0.487 e. The Bertz CT molecular complexity index is 1100. The Morgan fingerprint density at radius 1 is 1.15 bits per heavy atom. The summed E-state index contributed by atoms with van der Waals surface area (Å²) in [6, 6.07) is 13.8. The van der Waals surface area contributed by atoms with Gasteiger partial charge in [0.15, 0.2) is 0 Å². The third kappa shape index (κ3) is 4.91. The van der Waals surface area contributed by atoms with Gasteiger partial charge in [-0.15, -0.1) is 0 Å². The van der Waals surface area contributed by atoms with Crippen molar-refractivity contribution < 1.29 is 17.9 Å². The van der Waals surface area contributed by atoms with Gasteiger partial charge < -0.3 is 10.1 Å². The molecular weight excluding hydrogens is 460 g/mol. The zero-order chi connectivity index (χ0) is 23.6. The van der Waals surface area contributed by atoms with E-state index in [2.05, 4.69) is 19.2 Å². The molecular formula is C25H31ClN2O4S. The summed E-state index contributed by atoms with van der Waals surface area (Å²) in [6.07, 6.45) is 3.70. The molecule has 0 unspecified atom stereocenters. The first-order valence-corrected chi connectivity index (χ1v) is 13.4. The molecule has 0 bridgehead atoms. The molecule has 2 aliphatic rings. The van der Waals surface area contributed by atoms with Crippen molar-refractivity contribution in [2.75, 3.05) is 13.1 Å². The minimum atomic E-state index is -3.68. The monoisotopic (exact) mass is 490 g/mol. The molecule has 4 rings (SSSR count). The highest BCUT2D eigenvalue weighted by molar-refractivity contribution is 7.89. The largest absolute Gasteiger partial charge is 0.487 e.